The van der Waals surface area contributed by atoms with Crippen LogP contribution in [0.2, 0.25) is 0 Å². The van der Waals surface area contributed by atoms with Crippen molar-refractivity contribution in [3.05, 3.63) is 23.3 Å². The van der Waals surface area contributed by atoms with Gasteiger partial charge in [-0.15, -0.1) is 0 Å². The molecule has 0 aliphatic carbocycles. The summed E-state index contributed by atoms with van der Waals surface area (Å²) in [5.74, 6) is 1.72. The summed E-state index contributed by atoms with van der Waals surface area (Å²) in [4.78, 5) is 0. The van der Waals surface area contributed by atoms with Crippen molar-refractivity contribution in [3.63, 3.8) is 0 Å². The summed E-state index contributed by atoms with van der Waals surface area (Å²) >= 11 is 0. The van der Waals surface area contributed by atoms with Crippen molar-refractivity contribution in [2.45, 2.75) is 51.5 Å². The fraction of sp³-hybridized carbons (Fsp3) is 0.647. The predicted octanol–water partition coefficient (Wildman–Crippen LogP) is 3.30. The molecule has 0 spiro atoms. The Kier molecular flexibility index (Phi) is 4.59. The van der Waals surface area contributed by atoms with Crippen molar-refractivity contribution < 1.29 is 9.47 Å². The molecule has 3 nitrogen and oxygen atoms in total. The van der Waals surface area contributed by atoms with E-state index >= 15 is 0 Å². The minimum atomic E-state index is 0.109. The van der Waals surface area contributed by atoms with E-state index in [1.807, 2.05) is 0 Å². The molecule has 0 radical (unpaired) electrons. The van der Waals surface area contributed by atoms with Gasteiger partial charge in [-0.05, 0) is 48.4 Å². The molecule has 1 aromatic rings. The Morgan fingerprint density at radius 2 is 1.95 bits per heavy atom. The fourth-order valence-electron chi connectivity index (χ4n) is 2.82. The molecule has 2 rings (SSSR count). The van der Waals surface area contributed by atoms with E-state index in [1.54, 1.807) is 14.2 Å². The van der Waals surface area contributed by atoms with Crippen LogP contribution in [0.1, 0.15) is 44.7 Å². The lowest BCUT2D eigenvalue weighted by Crippen LogP contribution is -2.24. The first-order chi connectivity index (χ1) is 9.45. The van der Waals surface area contributed by atoms with Gasteiger partial charge in [0.15, 0.2) is 11.5 Å². The Morgan fingerprint density at radius 3 is 2.45 bits per heavy atom. The van der Waals surface area contributed by atoms with Gasteiger partial charge in [0.1, 0.15) is 0 Å². The number of ether oxygens (including phenoxy) is 2. The average molecular weight is 277 g/mol. The van der Waals surface area contributed by atoms with Crippen molar-refractivity contribution in [2.75, 3.05) is 20.8 Å². The molecule has 112 valence electrons. The van der Waals surface area contributed by atoms with Gasteiger partial charge in [0.05, 0.1) is 14.2 Å². The van der Waals surface area contributed by atoms with E-state index in [-0.39, 0.29) is 5.41 Å². The molecule has 0 aromatic heterocycles. The van der Waals surface area contributed by atoms with Crippen LogP contribution < -0.4 is 14.8 Å². The summed E-state index contributed by atoms with van der Waals surface area (Å²) in [6.45, 7) is 7.81. The van der Waals surface area contributed by atoms with Crippen LogP contribution >= 0.6 is 0 Å². The van der Waals surface area contributed by atoms with Gasteiger partial charge in [-0.1, -0.05) is 26.8 Å². The third-order valence-corrected chi connectivity index (χ3v) is 4.05. The normalized spacial score (nSPS) is 19.1. The van der Waals surface area contributed by atoms with E-state index in [4.69, 9.17) is 9.47 Å². The van der Waals surface area contributed by atoms with Gasteiger partial charge in [0.2, 0.25) is 0 Å². The van der Waals surface area contributed by atoms with E-state index in [0.29, 0.717) is 6.04 Å². The maximum atomic E-state index is 5.59. The van der Waals surface area contributed by atoms with Crippen LogP contribution in [0.25, 0.3) is 0 Å². The van der Waals surface area contributed by atoms with Gasteiger partial charge >= 0.3 is 0 Å². The van der Waals surface area contributed by atoms with E-state index in [2.05, 4.69) is 38.2 Å². The minimum absolute atomic E-state index is 0.109. The zero-order valence-corrected chi connectivity index (χ0v) is 13.4. The Hall–Kier alpha value is -1.22. The average Bonchev–Trinajstić information content (AvgIpc) is 2.89. The van der Waals surface area contributed by atoms with Crippen LogP contribution in [0.4, 0.5) is 0 Å². The maximum absolute atomic E-state index is 5.59. The van der Waals surface area contributed by atoms with Gasteiger partial charge < -0.3 is 14.8 Å². The predicted molar refractivity (Wildman–Crippen MR) is 83.0 cm³/mol. The highest BCUT2D eigenvalue weighted by molar-refractivity contribution is 5.51. The van der Waals surface area contributed by atoms with Crippen LogP contribution in [0.15, 0.2) is 12.1 Å². The number of hydrogen-bond acceptors (Lipinski definition) is 3. The third-order valence-electron chi connectivity index (χ3n) is 4.05. The molecule has 3 heteroatoms. The second-order valence-corrected chi connectivity index (χ2v) is 6.62. The highest BCUT2D eigenvalue weighted by atomic mass is 16.5. The largest absolute Gasteiger partial charge is 0.493 e. The third kappa shape index (κ3) is 3.26. The first kappa shape index (κ1) is 15.2. The first-order valence-electron chi connectivity index (χ1n) is 7.44. The van der Waals surface area contributed by atoms with Gasteiger partial charge in [-0.25, -0.2) is 0 Å². The van der Waals surface area contributed by atoms with Crippen molar-refractivity contribution in [1.82, 2.24) is 5.32 Å². The van der Waals surface area contributed by atoms with Crippen molar-refractivity contribution >= 4 is 0 Å². The smallest absolute Gasteiger partial charge is 0.163 e. The van der Waals surface area contributed by atoms with Crippen molar-refractivity contribution in [1.29, 1.82) is 0 Å². The molecule has 0 amide bonds. The Bertz CT molecular complexity index is 457. The quantitative estimate of drug-likeness (QED) is 0.916. The van der Waals surface area contributed by atoms with E-state index in [9.17, 15) is 0 Å². The number of hydrogen-bond donors (Lipinski definition) is 1. The molecule has 1 unspecified atom stereocenters. The Morgan fingerprint density at radius 1 is 1.20 bits per heavy atom. The van der Waals surface area contributed by atoms with Crippen molar-refractivity contribution in [3.8, 4) is 11.5 Å². The fourth-order valence-corrected chi connectivity index (χ4v) is 2.82. The van der Waals surface area contributed by atoms with Gasteiger partial charge in [0, 0.05) is 6.04 Å². The summed E-state index contributed by atoms with van der Waals surface area (Å²) in [6.07, 6.45) is 3.51. The van der Waals surface area contributed by atoms with Crippen LogP contribution in [-0.4, -0.2) is 26.8 Å². The molecular weight excluding hydrogens is 250 g/mol. The lowest BCUT2D eigenvalue weighted by molar-refractivity contribution is 0.349. The Balaban J connectivity index is 2.39. The molecule has 1 aromatic carbocycles. The molecule has 1 aliphatic heterocycles. The van der Waals surface area contributed by atoms with Crippen molar-refractivity contribution in [2.24, 2.45) is 0 Å². The van der Waals surface area contributed by atoms with Crippen LogP contribution in [0.3, 0.4) is 0 Å². The summed E-state index contributed by atoms with van der Waals surface area (Å²) in [5, 5.41) is 3.56. The SMILES string of the molecule is COc1cc(C(C)(C)C)cc(CC2CCCN2)c1OC. The highest BCUT2D eigenvalue weighted by Gasteiger charge is 2.23. The number of benzene rings is 1. The standard InChI is InChI=1S/C17H27NO2/c1-17(2,3)13-9-12(10-14-7-6-8-18-14)16(20-5)15(11-13)19-4/h9,11,14,18H,6-8,10H2,1-5H3. The Labute approximate surface area is 122 Å². The number of methoxy groups -OCH3 is 2. The molecule has 1 saturated heterocycles. The van der Waals surface area contributed by atoms with Crippen LogP contribution in [-0.2, 0) is 11.8 Å². The molecule has 0 saturated carbocycles. The molecule has 1 N–H and O–H groups in total. The zero-order valence-electron chi connectivity index (χ0n) is 13.4. The lowest BCUT2D eigenvalue weighted by Gasteiger charge is -2.24. The molecule has 1 heterocycles. The monoisotopic (exact) mass is 277 g/mol. The lowest BCUT2D eigenvalue weighted by atomic mass is 9.85. The maximum Gasteiger partial charge on any atom is 0.163 e. The number of nitrogens with one attached hydrogen (secondary N) is 1. The van der Waals surface area contributed by atoms with Gasteiger partial charge in [-0.2, -0.15) is 0 Å². The minimum Gasteiger partial charge on any atom is -0.493 e. The second-order valence-electron chi connectivity index (χ2n) is 6.62. The van der Waals surface area contributed by atoms with E-state index < -0.39 is 0 Å². The van der Waals surface area contributed by atoms with Crippen LogP contribution in [0.5, 0.6) is 11.5 Å². The molecule has 20 heavy (non-hydrogen) atoms. The first-order valence-corrected chi connectivity index (χ1v) is 7.44. The molecule has 1 fully saturated rings. The van der Waals surface area contributed by atoms with Gasteiger partial charge in [-0.3, -0.25) is 0 Å². The summed E-state index contributed by atoms with van der Waals surface area (Å²) in [7, 11) is 3.43. The zero-order chi connectivity index (χ0) is 14.8. The van der Waals surface area contributed by atoms with E-state index in [1.165, 1.54) is 24.0 Å². The second kappa shape index (κ2) is 6.04. The number of rotatable bonds is 4. The van der Waals surface area contributed by atoms with Gasteiger partial charge in [0.25, 0.3) is 0 Å². The topological polar surface area (TPSA) is 30.5 Å². The highest BCUT2D eigenvalue weighted by Crippen LogP contribution is 2.37. The molecular formula is C17H27NO2. The molecule has 1 aliphatic rings. The summed E-state index contributed by atoms with van der Waals surface area (Å²) < 4.78 is 11.1. The summed E-state index contributed by atoms with van der Waals surface area (Å²) in [5.41, 5.74) is 2.65. The van der Waals surface area contributed by atoms with Crippen LogP contribution in [0, 0.1) is 0 Å². The summed E-state index contributed by atoms with van der Waals surface area (Å²) in [6, 6.07) is 4.94. The van der Waals surface area contributed by atoms with E-state index in [0.717, 1.165) is 24.5 Å². The molecule has 1 atom stereocenters. The molecule has 0 bridgehead atoms.